The van der Waals surface area contributed by atoms with E-state index in [0.29, 0.717) is 28.3 Å². The summed E-state index contributed by atoms with van der Waals surface area (Å²) >= 11 is 0. The lowest BCUT2D eigenvalue weighted by Gasteiger charge is -2.24. The van der Waals surface area contributed by atoms with Crippen molar-refractivity contribution in [1.29, 1.82) is 0 Å². The Morgan fingerprint density at radius 1 is 0.821 bits per heavy atom. The van der Waals surface area contributed by atoms with Crippen LogP contribution < -0.4 is 10.1 Å². The molecule has 0 aliphatic carbocycles. The maximum Gasteiger partial charge on any atom is 0.262 e. The monoisotopic (exact) mass is 378 g/mol. The van der Waals surface area contributed by atoms with Crippen LogP contribution in [-0.4, -0.2) is 18.9 Å². The summed E-state index contributed by atoms with van der Waals surface area (Å²) in [7, 11) is 1.57. The van der Waals surface area contributed by atoms with Gasteiger partial charge in [-0.2, -0.15) is 0 Å². The third-order valence-corrected chi connectivity index (χ3v) is 4.73. The smallest absolute Gasteiger partial charge is 0.262 e. The van der Waals surface area contributed by atoms with E-state index in [1.165, 1.54) is 48.5 Å². The zero-order valence-electron chi connectivity index (χ0n) is 14.9. The van der Waals surface area contributed by atoms with Gasteiger partial charge in [0.15, 0.2) is 5.54 Å². The Balaban J connectivity index is 1.89. The molecule has 4 nitrogen and oxygen atoms in total. The first-order chi connectivity index (χ1) is 13.5. The minimum Gasteiger partial charge on any atom is -0.497 e. The second-order valence-electron chi connectivity index (χ2n) is 6.37. The Morgan fingerprint density at radius 3 is 1.79 bits per heavy atom. The first-order valence-electron chi connectivity index (χ1n) is 8.61. The van der Waals surface area contributed by atoms with E-state index in [1.54, 1.807) is 31.4 Å². The van der Waals surface area contributed by atoms with Crippen LogP contribution in [0.1, 0.15) is 16.7 Å². The Labute approximate surface area is 160 Å². The number of carbonyl (C=O) groups is 1. The topological polar surface area (TPSA) is 50.7 Å². The number of nitrogens with one attached hydrogen (secondary N) is 1. The van der Waals surface area contributed by atoms with Crippen molar-refractivity contribution in [3.8, 4) is 5.75 Å². The van der Waals surface area contributed by atoms with Gasteiger partial charge in [-0.3, -0.25) is 4.79 Å². The largest absolute Gasteiger partial charge is 0.497 e. The van der Waals surface area contributed by atoms with Gasteiger partial charge < -0.3 is 10.1 Å². The summed E-state index contributed by atoms with van der Waals surface area (Å²) in [4.78, 5) is 17.8. The van der Waals surface area contributed by atoms with E-state index in [-0.39, 0.29) is 0 Å². The SMILES string of the molecule is COc1ccc(C2=NC(c3ccc(F)cc3)(c3ccc(F)cc3)C(=O)N2)cc1. The van der Waals surface area contributed by atoms with Gasteiger partial charge in [-0.1, -0.05) is 24.3 Å². The second-order valence-corrected chi connectivity index (χ2v) is 6.37. The van der Waals surface area contributed by atoms with Crippen molar-refractivity contribution in [2.45, 2.75) is 5.54 Å². The van der Waals surface area contributed by atoms with E-state index in [0.717, 1.165) is 0 Å². The lowest BCUT2D eigenvalue weighted by atomic mass is 9.83. The molecule has 0 atom stereocenters. The lowest BCUT2D eigenvalue weighted by molar-refractivity contribution is -0.122. The Bertz CT molecular complexity index is 998. The molecule has 4 rings (SSSR count). The third kappa shape index (κ3) is 2.93. The zero-order chi connectivity index (χ0) is 19.7. The predicted molar refractivity (Wildman–Crippen MR) is 101 cm³/mol. The van der Waals surface area contributed by atoms with Crippen molar-refractivity contribution < 1.29 is 18.3 Å². The quantitative estimate of drug-likeness (QED) is 0.751. The second kappa shape index (κ2) is 6.88. The summed E-state index contributed by atoms with van der Waals surface area (Å²) in [5.74, 6) is -0.179. The van der Waals surface area contributed by atoms with Crippen LogP contribution in [0.3, 0.4) is 0 Å². The van der Waals surface area contributed by atoms with Crippen LogP contribution in [0.2, 0.25) is 0 Å². The summed E-state index contributed by atoms with van der Waals surface area (Å²) < 4.78 is 32.1. The summed E-state index contributed by atoms with van der Waals surface area (Å²) in [6, 6.07) is 18.2. The molecule has 1 N–H and O–H groups in total. The van der Waals surface area contributed by atoms with E-state index in [2.05, 4.69) is 5.32 Å². The molecule has 1 amide bonds. The maximum atomic E-state index is 13.5. The maximum absolute atomic E-state index is 13.5. The van der Waals surface area contributed by atoms with E-state index in [4.69, 9.17) is 9.73 Å². The van der Waals surface area contributed by atoms with Crippen molar-refractivity contribution in [3.05, 3.63) is 101 Å². The zero-order valence-corrected chi connectivity index (χ0v) is 14.9. The number of nitrogens with zero attached hydrogens (tertiary/aromatic N) is 1. The number of aliphatic imine (C=N–C) groups is 1. The number of amides is 1. The van der Waals surface area contributed by atoms with Gasteiger partial charge >= 0.3 is 0 Å². The fourth-order valence-electron chi connectivity index (χ4n) is 3.27. The summed E-state index contributed by atoms with van der Waals surface area (Å²) in [5, 5.41) is 2.81. The Kier molecular flexibility index (Phi) is 4.39. The van der Waals surface area contributed by atoms with Gasteiger partial charge in [0.2, 0.25) is 0 Å². The molecule has 3 aromatic carbocycles. The highest BCUT2D eigenvalue weighted by Crippen LogP contribution is 2.38. The van der Waals surface area contributed by atoms with Gasteiger partial charge in [0.25, 0.3) is 5.91 Å². The summed E-state index contributed by atoms with van der Waals surface area (Å²) in [6.45, 7) is 0. The molecule has 0 saturated heterocycles. The van der Waals surface area contributed by atoms with Crippen LogP contribution in [0.5, 0.6) is 5.75 Å². The van der Waals surface area contributed by atoms with Gasteiger partial charge in [-0.25, -0.2) is 13.8 Å². The molecule has 0 spiro atoms. The standard InChI is InChI=1S/C22H16F2N2O2/c1-28-19-12-2-14(3-13-19)20-25-21(27)22(26-20,15-4-8-17(23)9-5-15)16-6-10-18(24)11-7-16/h2-13H,1H3,(H,25,26,27). The molecule has 0 radical (unpaired) electrons. The highest BCUT2D eigenvalue weighted by molar-refractivity contribution is 6.16. The molecule has 1 aliphatic rings. The molecule has 0 unspecified atom stereocenters. The normalized spacial score (nSPS) is 15.1. The minimum atomic E-state index is -1.43. The fourth-order valence-corrected chi connectivity index (χ4v) is 3.27. The van der Waals surface area contributed by atoms with Crippen molar-refractivity contribution in [2.24, 2.45) is 4.99 Å². The third-order valence-electron chi connectivity index (χ3n) is 4.73. The minimum absolute atomic E-state index is 0.376. The molecule has 140 valence electrons. The number of carbonyl (C=O) groups excluding carboxylic acids is 1. The van der Waals surface area contributed by atoms with Gasteiger partial charge in [-0.05, 0) is 59.7 Å². The van der Waals surface area contributed by atoms with Gasteiger partial charge in [-0.15, -0.1) is 0 Å². The molecule has 0 aromatic heterocycles. The van der Waals surface area contributed by atoms with Crippen LogP contribution in [0.15, 0.2) is 77.8 Å². The molecule has 3 aromatic rings. The lowest BCUT2D eigenvalue weighted by Crippen LogP contribution is -2.38. The van der Waals surface area contributed by atoms with E-state index >= 15 is 0 Å². The number of amidine groups is 1. The number of hydrogen-bond acceptors (Lipinski definition) is 3. The van der Waals surface area contributed by atoms with Crippen LogP contribution in [0, 0.1) is 11.6 Å². The van der Waals surface area contributed by atoms with E-state index in [9.17, 15) is 13.6 Å². The molecular formula is C22H16F2N2O2. The number of ether oxygens (including phenoxy) is 1. The number of halogens is 2. The first-order valence-corrected chi connectivity index (χ1v) is 8.61. The summed E-state index contributed by atoms with van der Waals surface area (Å²) in [6.07, 6.45) is 0. The molecular weight excluding hydrogens is 362 g/mol. The molecule has 1 aliphatic heterocycles. The van der Waals surface area contributed by atoms with Crippen LogP contribution in [0.4, 0.5) is 8.78 Å². The van der Waals surface area contributed by atoms with Gasteiger partial charge in [0.05, 0.1) is 7.11 Å². The molecule has 0 bridgehead atoms. The van der Waals surface area contributed by atoms with Crippen LogP contribution in [0.25, 0.3) is 0 Å². The Hall–Kier alpha value is -3.54. The van der Waals surface area contributed by atoms with Crippen molar-refractivity contribution in [1.82, 2.24) is 5.32 Å². The number of hydrogen-bond donors (Lipinski definition) is 1. The van der Waals surface area contributed by atoms with Crippen molar-refractivity contribution in [3.63, 3.8) is 0 Å². The van der Waals surface area contributed by atoms with Gasteiger partial charge in [0.1, 0.15) is 23.2 Å². The average molecular weight is 378 g/mol. The highest BCUT2D eigenvalue weighted by atomic mass is 19.1. The molecule has 6 heteroatoms. The Morgan fingerprint density at radius 2 is 1.32 bits per heavy atom. The molecule has 1 heterocycles. The van der Waals surface area contributed by atoms with Crippen LogP contribution >= 0.6 is 0 Å². The fraction of sp³-hybridized carbons (Fsp3) is 0.0909. The summed E-state index contributed by atoms with van der Waals surface area (Å²) in [5.41, 5.74) is 0.236. The van der Waals surface area contributed by atoms with Crippen molar-refractivity contribution >= 4 is 11.7 Å². The highest BCUT2D eigenvalue weighted by Gasteiger charge is 2.47. The number of benzene rings is 3. The first kappa shape index (κ1) is 17.9. The number of rotatable bonds is 4. The van der Waals surface area contributed by atoms with Gasteiger partial charge in [0, 0.05) is 5.56 Å². The van der Waals surface area contributed by atoms with E-state index < -0.39 is 23.1 Å². The molecule has 28 heavy (non-hydrogen) atoms. The average Bonchev–Trinajstić information content (AvgIpc) is 3.07. The predicted octanol–water partition coefficient (Wildman–Crippen LogP) is 3.79. The molecule has 0 saturated carbocycles. The van der Waals surface area contributed by atoms with E-state index in [1.807, 2.05) is 0 Å². The number of methoxy groups -OCH3 is 1. The molecule has 0 fully saturated rings. The van der Waals surface area contributed by atoms with Crippen LogP contribution in [-0.2, 0) is 10.3 Å². The van der Waals surface area contributed by atoms with Crippen molar-refractivity contribution in [2.75, 3.05) is 7.11 Å².